The smallest absolute Gasteiger partial charge is 0.414 e. The Hall–Kier alpha value is -0.955. The second kappa shape index (κ2) is 9.37. The summed E-state index contributed by atoms with van der Waals surface area (Å²) in [7, 11) is 1.34. The predicted molar refractivity (Wildman–Crippen MR) is 87.8 cm³/mol. The number of hydrogen-bond donors (Lipinski definition) is 2. The number of carbonyl (C=O) groups is 2. The van der Waals surface area contributed by atoms with Crippen LogP contribution in [-0.2, 0) is 18.9 Å². The standard InChI is InChI=1S/C15H29BN2O5/c1-12(2)23-16(22-3)7-4-5-13-9-18(14(21)6-8-19)10-15(13,17)11-20/h11-13,19H,4-10,17H2,1-3H3/t13?,15-/m1/s1. The van der Waals surface area contributed by atoms with Crippen LogP contribution in [0, 0.1) is 5.92 Å². The van der Waals surface area contributed by atoms with Crippen LogP contribution in [0.25, 0.3) is 0 Å². The van der Waals surface area contributed by atoms with E-state index in [2.05, 4.69) is 0 Å². The Morgan fingerprint density at radius 2 is 2.26 bits per heavy atom. The van der Waals surface area contributed by atoms with Gasteiger partial charge in [0.05, 0.1) is 12.1 Å². The lowest BCUT2D eigenvalue weighted by Crippen LogP contribution is -2.49. The van der Waals surface area contributed by atoms with Crippen LogP contribution >= 0.6 is 0 Å². The fourth-order valence-electron chi connectivity index (χ4n) is 2.97. The zero-order chi connectivity index (χ0) is 17.5. The summed E-state index contributed by atoms with van der Waals surface area (Å²) in [5.41, 5.74) is 5.16. The monoisotopic (exact) mass is 328 g/mol. The Morgan fingerprint density at radius 1 is 1.57 bits per heavy atom. The highest BCUT2D eigenvalue weighted by Crippen LogP contribution is 2.29. The number of hydrogen-bond acceptors (Lipinski definition) is 6. The van der Waals surface area contributed by atoms with Crippen molar-refractivity contribution in [2.45, 2.75) is 51.1 Å². The molecule has 0 aromatic rings. The maximum absolute atomic E-state index is 11.9. The number of likely N-dealkylation sites (tertiary alicyclic amines) is 1. The number of nitrogens with two attached hydrogens (primary N) is 1. The predicted octanol–water partition coefficient (Wildman–Crippen LogP) is 0.0634. The van der Waals surface area contributed by atoms with Crippen molar-refractivity contribution < 1.29 is 24.0 Å². The van der Waals surface area contributed by atoms with Crippen LogP contribution in [0.5, 0.6) is 0 Å². The highest BCUT2D eigenvalue weighted by atomic mass is 16.6. The van der Waals surface area contributed by atoms with Crippen LogP contribution in [0.2, 0.25) is 6.32 Å². The number of aldehydes is 1. The molecule has 1 rings (SSSR count). The second-order valence-electron chi connectivity index (χ2n) is 6.46. The molecule has 23 heavy (non-hydrogen) atoms. The molecule has 1 aliphatic heterocycles. The molecule has 3 N–H and O–H groups in total. The molecule has 1 aliphatic rings. The molecule has 1 heterocycles. The van der Waals surface area contributed by atoms with Gasteiger partial charge in [-0.3, -0.25) is 4.79 Å². The van der Waals surface area contributed by atoms with Gasteiger partial charge < -0.3 is 29.8 Å². The summed E-state index contributed by atoms with van der Waals surface area (Å²) >= 11 is 0. The molecule has 2 atom stereocenters. The molecule has 0 saturated carbocycles. The average molecular weight is 328 g/mol. The van der Waals surface area contributed by atoms with Crippen molar-refractivity contribution in [1.29, 1.82) is 0 Å². The van der Waals surface area contributed by atoms with Crippen molar-refractivity contribution in [2.24, 2.45) is 11.7 Å². The molecule has 1 unspecified atom stereocenters. The third-order valence-corrected chi connectivity index (χ3v) is 4.24. The molecule has 0 aliphatic carbocycles. The topological polar surface area (TPSA) is 102 Å². The number of rotatable bonds is 10. The highest BCUT2D eigenvalue weighted by molar-refractivity contribution is 6.44. The van der Waals surface area contributed by atoms with Gasteiger partial charge in [0, 0.05) is 38.6 Å². The SMILES string of the molecule is COB(CCCC1CN(C(=O)CCO)C[C@@]1(N)C=O)OC(C)C. The summed E-state index contributed by atoms with van der Waals surface area (Å²) in [5.74, 6) is -0.246. The highest BCUT2D eigenvalue weighted by Gasteiger charge is 2.44. The van der Waals surface area contributed by atoms with Crippen LogP contribution in [0.15, 0.2) is 0 Å². The minimum absolute atomic E-state index is 0.0651. The first kappa shape index (κ1) is 20.1. The van der Waals surface area contributed by atoms with Crippen molar-refractivity contribution in [2.75, 3.05) is 26.8 Å². The Morgan fingerprint density at radius 3 is 2.78 bits per heavy atom. The van der Waals surface area contributed by atoms with Gasteiger partial charge in [-0.15, -0.1) is 0 Å². The molecule has 0 radical (unpaired) electrons. The molecule has 0 bridgehead atoms. The van der Waals surface area contributed by atoms with Gasteiger partial charge in [-0.05, 0) is 26.6 Å². The number of aliphatic hydroxyl groups excluding tert-OH is 1. The zero-order valence-electron chi connectivity index (χ0n) is 14.4. The van der Waals surface area contributed by atoms with E-state index in [1.165, 1.54) is 0 Å². The maximum Gasteiger partial charge on any atom is 0.456 e. The Bertz CT molecular complexity index is 396. The summed E-state index contributed by atoms with van der Waals surface area (Å²) < 4.78 is 10.9. The lowest BCUT2D eigenvalue weighted by molar-refractivity contribution is -0.131. The largest absolute Gasteiger partial charge is 0.456 e. The Balaban J connectivity index is 2.53. The molecule has 0 aromatic heterocycles. The van der Waals surface area contributed by atoms with Crippen LogP contribution in [0.4, 0.5) is 0 Å². The van der Waals surface area contributed by atoms with E-state index in [0.717, 1.165) is 19.1 Å². The first-order chi connectivity index (χ1) is 10.9. The van der Waals surface area contributed by atoms with E-state index in [1.54, 1.807) is 12.0 Å². The van der Waals surface area contributed by atoms with Gasteiger partial charge in [-0.2, -0.15) is 0 Å². The molecular formula is C15H29BN2O5. The van der Waals surface area contributed by atoms with Gasteiger partial charge in [0.1, 0.15) is 6.29 Å². The van der Waals surface area contributed by atoms with E-state index in [1.807, 2.05) is 13.8 Å². The van der Waals surface area contributed by atoms with Crippen molar-refractivity contribution in [3.05, 3.63) is 0 Å². The van der Waals surface area contributed by atoms with Crippen LogP contribution in [0.1, 0.15) is 33.1 Å². The molecule has 1 saturated heterocycles. The lowest BCUT2D eigenvalue weighted by Gasteiger charge is -2.24. The van der Waals surface area contributed by atoms with Gasteiger partial charge in [-0.25, -0.2) is 0 Å². The summed E-state index contributed by atoms with van der Waals surface area (Å²) in [6.07, 6.45) is 3.13. The summed E-state index contributed by atoms with van der Waals surface area (Å²) in [5, 5.41) is 8.88. The second-order valence-corrected chi connectivity index (χ2v) is 6.46. The van der Waals surface area contributed by atoms with Crippen LogP contribution < -0.4 is 5.73 Å². The average Bonchev–Trinajstić information content (AvgIpc) is 2.84. The van der Waals surface area contributed by atoms with Crippen LogP contribution in [0.3, 0.4) is 0 Å². The normalized spacial score (nSPS) is 24.3. The first-order valence-electron chi connectivity index (χ1n) is 8.18. The fraction of sp³-hybridized carbons (Fsp3) is 0.867. The number of nitrogens with zero attached hydrogens (tertiary/aromatic N) is 1. The van der Waals surface area contributed by atoms with E-state index < -0.39 is 5.54 Å². The molecule has 0 aromatic carbocycles. The summed E-state index contributed by atoms with van der Waals surface area (Å²) in [6, 6.07) is 0. The molecule has 132 valence electrons. The molecule has 7 nitrogen and oxygen atoms in total. The van der Waals surface area contributed by atoms with Gasteiger partial charge in [0.2, 0.25) is 5.91 Å². The maximum atomic E-state index is 11.9. The van der Waals surface area contributed by atoms with Gasteiger partial charge in [0.15, 0.2) is 0 Å². The fourth-order valence-corrected chi connectivity index (χ4v) is 2.97. The number of carbonyl (C=O) groups excluding carboxylic acids is 2. The molecular weight excluding hydrogens is 299 g/mol. The zero-order valence-corrected chi connectivity index (χ0v) is 14.4. The van der Waals surface area contributed by atoms with E-state index in [-0.39, 0.29) is 44.6 Å². The van der Waals surface area contributed by atoms with Crippen molar-refractivity contribution in [3.8, 4) is 0 Å². The van der Waals surface area contributed by atoms with E-state index in [9.17, 15) is 9.59 Å². The summed E-state index contributed by atoms with van der Waals surface area (Å²) in [6.45, 7) is 4.38. The van der Waals surface area contributed by atoms with E-state index in [0.29, 0.717) is 12.9 Å². The minimum Gasteiger partial charge on any atom is -0.414 e. The quantitative estimate of drug-likeness (QED) is 0.434. The van der Waals surface area contributed by atoms with Gasteiger partial charge >= 0.3 is 7.12 Å². The van der Waals surface area contributed by atoms with Crippen LogP contribution in [-0.4, -0.2) is 67.8 Å². The van der Waals surface area contributed by atoms with Gasteiger partial charge in [-0.1, -0.05) is 6.42 Å². The van der Waals surface area contributed by atoms with E-state index >= 15 is 0 Å². The van der Waals surface area contributed by atoms with Crippen molar-refractivity contribution >= 4 is 19.3 Å². The number of amides is 1. The minimum atomic E-state index is -1.01. The molecule has 0 spiro atoms. The molecule has 8 heteroatoms. The first-order valence-corrected chi connectivity index (χ1v) is 8.18. The molecule has 1 fully saturated rings. The van der Waals surface area contributed by atoms with Crippen molar-refractivity contribution in [3.63, 3.8) is 0 Å². The lowest BCUT2D eigenvalue weighted by atomic mass is 9.78. The van der Waals surface area contributed by atoms with Crippen molar-refractivity contribution in [1.82, 2.24) is 4.90 Å². The number of aliphatic hydroxyl groups is 1. The Kier molecular flexibility index (Phi) is 8.18. The molecule has 1 amide bonds. The van der Waals surface area contributed by atoms with E-state index in [4.69, 9.17) is 20.1 Å². The third-order valence-electron chi connectivity index (χ3n) is 4.24. The third kappa shape index (κ3) is 5.88. The summed E-state index contributed by atoms with van der Waals surface area (Å²) in [4.78, 5) is 24.9. The van der Waals surface area contributed by atoms with Gasteiger partial charge in [0.25, 0.3) is 0 Å². The Labute approximate surface area is 138 Å².